The molecule has 78 valence electrons. The van der Waals surface area contributed by atoms with Gasteiger partial charge in [-0.1, -0.05) is 23.3 Å². The average molecular weight is 190 g/mol. The number of hydrogen-bond donors (Lipinski definition) is 0. The van der Waals surface area contributed by atoms with E-state index in [1.807, 2.05) is 6.92 Å². The highest BCUT2D eigenvalue weighted by atomic mass is 13.9. The van der Waals surface area contributed by atoms with Crippen molar-refractivity contribution in [2.45, 2.75) is 53.4 Å². The van der Waals surface area contributed by atoms with E-state index in [4.69, 9.17) is 0 Å². The lowest BCUT2D eigenvalue weighted by Crippen LogP contribution is -1.77. The third kappa shape index (κ3) is 9.13. The molecule has 0 aromatic rings. The molecule has 0 radical (unpaired) electrons. The minimum Gasteiger partial charge on any atom is -0.107 e. The van der Waals surface area contributed by atoms with Gasteiger partial charge in [0.15, 0.2) is 0 Å². The van der Waals surface area contributed by atoms with Crippen molar-refractivity contribution in [2.75, 3.05) is 0 Å². The first kappa shape index (κ1) is 13.0. The van der Waals surface area contributed by atoms with Crippen LogP contribution < -0.4 is 0 Å². The maximum atomic E-state index is 3.07. The normalized spacial score (nSPS) is 10.4. The Bertz CT molecular complexity index is 251. The van der Waals surface area contributed by atoms with Crippen LogP contribution >= 0.6 is 0 Å². The van der Waals surface area contributed by atoms with Gasteiger partial charge in [0.05, 0.1) is 0 Å². The lowest BCUT2D eigenvalue weighted by Gasteiger charge is -1.97. The van der Waals surface area contributed by atoms with E-state index in [0.29, 0.717) is 0 Å². The summed E-state index contributed by atoms with van der Waals surface area (Å²) in [5, 5.41) is 0. The molecule has 0 heterocycles. The first-order valence-electron chi connectivity index (χ1n) is 5.35. The standard InChI is InChI=1S/C14H22/c1-5-6-7-8-11-14(4)12-9-10-13(2)3/h10-11H,7-9,12H2,1-4H3/b14-11+. The molecule has 0 unspecified atom stereocenters. The number of rotatable bonds is 5. The maximum Gasteiger partial charge on any atom is 0.0123 e. The predicted molar refractivity (Wildman–Crippen MR) is 65.1 cm³/mol. The molecule has 0 saturated carbocycles. The fourth-order valence-corrected chi connectivity index (χ4v) is 1.21. The zero-order chi connectivity index (χ0) is 10.8. The van der Waals surface area contributed by atoms with Crippen LogP contribution in [0.4, 0.5) is 0 Å². The fourth-order valence-electron chi connectivity index (χ4n) is 1.21. The highest BCUT2D eigenvalue weighted by molar-refractivity contribution is 5.04. The van der Waals surface area contributed by atoms with Gasteiger partial charge in [0.25, 0.3) is 0 Å². The highest BCUT2D eigenvalue weighted by Gasteiger charge is 1.88. The molecule has 0 aliphatic rings. The van der Waals surface area contributed by atoms with Gasteiger partial charge in [0, 0.05) is 6.42 Å². The van der Waals surface area contributed by atoms with Crippen molar-refractivity contribution < 1.29 is 0 Å². The summed E-state index contributed by atoms with van der Waals surface area (Å²) in [5.74, 6) is 5.98. The summed E-state index contributed by atoms with van der Waals surface area (Å²) in [7, 11) is 0. The van der Waals surface area contributed by atoms with Crippen LogP contribution in [0.5, 0.6) is 0 Å². The van der Waals surface area contributed by atoms with Gasteiger partial charge < -0.3 is 0 Å². The van der Waals surface area contributed by atoms with E-state index in [9.17, 15) is 0 Å². The van der Waals surface area contributed by atoms with Gasteiger partial charge in [-0.25, -0.2) is 0 Å². The van der Waals surface area contributed by atoms with E-state index in [2.05, 4.69) is 44.8 Å². The van der Waals surface area contributed by atoms with Gasteiger partial charge in [0.1, 0.15) is 0 Å². The Morgan fingerprint density at radius 1 is 1.07 bits per heavy atom. The number of allylic oxidation sites excluding steroid dienone is 4. The third-order valence-corrected chi connectivity index (χ3v) is 2.03. The van der Waals surface area contributed by atoms with E-state index < -0.39 is 0 Å². The van der Waals surface area contributed by atoms with Crippen molar-refractivity contribution in [1.82, 2.24) is 0 Å². The molecule has 0 aromatic carbocycles. The summed E-state index contributed by atoms with van der Waals surface area (Å²) in [6, 6.07) is 0. The molecule has 14 heavy (non-hydrogen) atoms. The van der Waals surface area contributed by atoms with Gasteiger partial charge >= 0.3 is 0 Å². The molecule has 0 amide bonds. The minimum atomic E-state index is 0.997. The molecule has 0 bridgehead atoms. The molecular formula is C14H22. The maximum absolute atomic E-state index is 3.07. The Labute approximate surface area is 89.1 Å². The molecule has 0 heteroatoms. The van der Waals surface area contributed by atoms with E-state index in [1.165, 1.54) is 24.0 Å². The monoisotopic (exact) mass is 190 g/mol. The summed E-state index contributed by atoms with van der Waals surface area (Å²) in [6.45, 7) is 8.40. The fraction of sp³-hybridized carbons (Fsp3) is 0.571. The van der Waals surface area contributed by atoms with Crippen LogP contribution in [0.2, 0.25) is 0 Å². The molecule has 0 rings (SSSR count). The van der Waals surface area contributed by atoms with Crippen molar-refractivity contribution in [3.63, 3.8) is 0 Å². The topological polar surface area (TPSA) is 0 Å². The smallest absolute Gasteiger partial charge is 0.0123 e. The van der Waals surface area contributed by atoms with Gasteiger partial charge in [-0.05, 0) is 47.0 Å². The zero-order valence-corrected chi connectivity index (χ0v) is 9.98. The summed E-state index contributed by atoms with van der Waals surface area (Å²) in [5.41, 5.74) is 2.90. The van der Waals surface area contributed by atoms with Crippen LogP contribution in [0.15, 0.2) is 23.3 Å². The van der Waals surface area contributed by atoms with Crippen LogP contribution in [0, 0.1) is 11.8 Å². The average Bonchev–Trinajstić information content (AvgIpc) is 2.12. The molecule has 0 aliphatic heterocycles. The van der Waals surface area contributed by atoms with Crippen molar-refractivity contribution >= 4 is 0 Å². The highest BCUT2D eigenvalue weighted by Crippen LogP contribution is 2.08. The van der Waals surface area contributed by atoms with Gasteiger partial charge in [0.2, 0.25) is 0 Å². The second-order valence-electron chi connectivity index (χ2n) is 3.84. The Morgan fingerprint density at radius 2 is 1.79 bits per heavy atom. The largest absolute Gasteiger partial charge is 0.107 e. The molecule has 0 atom stereocenters. The zero-order valence-electron chi connectivity index (χ0n) is 9.98. The van der Waals surface area contributed by atoms with Crippen molar-refractivity contribution in [3.8, 4) is 11.8 Å². The van der Waals surface area contributed by atoms with Crippen LogP contribution in [-0.2, 0) is 0 Å². The first-order valence-corrected chi connectivity index (χ1v) is 5.35. The lowest BCUT2D eigenvalue weighted by molar-refractivity contribution is 0.941. The van der Waals surface area contributed by atoms with Crippen LogP contribution in [0.1, 0.15) is 53.4 Å². The Balaban J connectivity index is 3.65. The second-order valence-corrected chi connectivity index (χ2v) is 3.84. The molecule has 0 N–H and O–H groups in total. The molecule has 0 spiro atoms. The number of hydrogen-bond acceptors (Lipinski definition) is 0. The van der Waals surface area contributed by atoms with Gasteiger partial charge in [-0.3, -0.25) is 0 Å². The Morgan fingerprint density at radius 3 is 2.36 bits per heavy atom. The van der Waals surface area contributed by atoms with Gasteiger partial charge in [-0.2, -0.15) is 0 Å². The second kappa shape index (κ2) is 8.63. The Kier molecular flexibility index (Phi) is 8.04. The Hall–Kier alpha value is -0.960. The summed E-state index contributed by atoms with van der Waals surface area (Å²) in [6.07, 6.45) is 9.05. The molecular weight excluding hydrogens is 168 g/mol. The van der Waals surface area contributed by atoms with E-state index in [-0.39, 0.29) is 0 Å². The van der Waals surface area contributed by atoms with Gasteiger partial charge in [-0.15, -0.1) is 11.8 Å². The first-order chi connectivity index (χ1) is 6.66. The summed E-state index contributed by atoms with van der Waals surface area (Å²) < 4.78 is 0. The van der Waals surface area contributed by atoms with Crippen LogP contribution in [-0.4, -0.2) is 0 Å². The van der Waals surface area contributed by atoms with Crippen LogP contribution in [0.3, 0.4) is 0 Å². The number of unbranched alkanes of at least 4 members (excludes halogenated alkanes) is 1. The predicted octanol–water partition coefficient (Wildman–Crippen LogP) is 4.48. The van der Waals surface area contributed by atoms with E-state index in [1.54, 1.807) is 0 Å². The van der Waals surface area contributed by atoms with Crippen molar-refractivity contribution in [2.24, 2.45) is 0 Å². The molecule has 0 aromatic heterocycles. The third-order valence-electron chi connectivity index (χ3n) is 2.03. The SMILES string of the molecule is CC#CCC/C=C(\C)CCC=C(C)C. The minimum absolute atomic E-state index is 0.997. The lowest BCUT2D eigenvalue weighted by atomic mass is 10.1. The molecule has 0 fully saturated rings. The van der Waals surface area contributed by atoms with E-state index in [0.717, 1.165) is 12.8 Å². The van der Waals surface area contributed by atoms with Crippen LogP contribution in [0.25, 0.3) is 0 Å². The van der Waals surface area contributed by atoms with Crippen molar-refractivity contribution in [3.05, 3.63) is 23.3 Å². The molecule has 0 aliphatic carbocycles. The quantitative estimate of drug-likeness (QED) is 0.340. The molecule has 0 saturated heterocycles. The molecule has 0 nitrogen and oxygen atoms in total. The van der Waals surface area contributed by atoms with Crippen molar-refractivity contribution in [1.29, 1.82) is 0 Å². The van der Waals surface area contributed by atoms with E-state index >= 15 is 0 Å². The summed E-state index contributed by atoms with van der Waals surface area (Å²) >= 11 is 0. The summed E-state index contributed by atoms with van der Waals surface area (Å²) in [4.78, 5) is 0.